The number of hydrogen-bond donors (Lipinski definition) is 1. The van der Waals surface area contributed by atoms with E-state index < -0.39 is 13.9 Å². The number of carbonyl (C=O) groups excluding carboxylic acids is 1. The summed E-state index contributed by atoms with van der Waals surface area (Å²) in [6, 6.07) is 0. The quantitative estimate of drug-likeness (QED) is 0.0281. The van der Waals surface area contributed by atoms with Gasteiger partial charge in [0.15, 0.2) is 0 Å². The summed E-state index contributed by atoms with van der Waals surface area (Å²) in [4.78, 5) is 23.0. The van der Waals surface area contributed by atoms with E-state index in [-0.39, 0.29) is 25.8 Å². The molecule has 0 radical (unpaired) electrons. The Bertz CT molecular complexity index is 976. The second kappa shape index (κ2) is 48.0. The number of rotatable bonds is 53. The Morgan fingerprint density at radius 1 is 0.429 bits per heavy atom. The van der Waals surface area contributed by atoms with Crippen molar-refractivity contribution in [3.05, 3.63) is 0 Å². The lowest BCUT2D eigenvalue weighted by Gasteiger charge is -2.24. The van der Waals surface area contributed by atoms with Crippen LogP contribution in [0.1, 0.15) is 284 Å². The fraction of sp³-hybridized carbons (Fsp3) is 0.981. The van der Waals surface area contributed by atoms with Crippen LogP contribution in [0.3, 0.4) is 0 Å². The number of nitrogens with zero attached hydrogens (tertiary/aromatic N) is 1. The van der Waals surface area contributed by atoms with Crippen molar-refractivity contribution in [2.24, 2.45) is 0 Å². The van der Waals surface area contributed by atoms with Crippen molar-refractivity contribution in [2.45, 2.75) is 290 Å². The maximum absolute atomic E-state index is 12.8. The summed E-state index contributed by atoms with van der Waals surface area (Å²) in [5, 5.41) is 0. The highest BCUT2D eigenvalue weighted by molar-refractivity contribution is 7.47. The number of hydrogen-bond acceptors (Lipinski definition) is 6. The minimum atomic E-state index is -4.27. The van der Waals surface area contributed by atoms with Crippen LogP contribution in [0.15, 0.2) is 0 Å². The molecule has 0 heterocycles. The molecule has 0 aliphatic heterocycles. The van der Waals surface area contributed by atoms with Crippen LogP contribution in [0.2, 0.25) is 0 Å². The average molecular weight is 917 g/mol. The van der Waals surface area contributed by atoms with Gasteiger partial charge in [0.05, 0.1) is 34.4 Å². The van der Waals surface area contributed by atoms with Crippen LogP contribution in [-0.4, -0.2) is 75.6 Å². The molecule has 0 aromatic heterocycles. The molecule has 9 heteroatoms. The van der Waals surface area contributed by atoms with Crippen LogP contribution in [-0.2, 0) is 27.9 Å². The van der Waals surface area contributed by atoms with Crippen molar-refractivity contribution in [1.82, 2.24) is 0 Å². The molecule has 8 nitrogen and oxygen atoms in total. The number of carbonyl (C=O) groups is 1. The van der Waals surface area contributed by atoms with Gasteiger partial charge in [-0.15, -0.1) is 0 Å². The molecule has 0 bridgehead atoms. The minimum Gasteiger partial charge on any atom is -0.457 e. The number of phosphoric ester groups is 1. The highest BCUT2D eigenvalue weighted by Gasteiger charge is 2.26. The maximum atomic E-state index is 12.8. The minimum absolute atomic E-state index is 0.0942. The molecule has 0 amide bonds. The standard InChI is InChI=1S/C54H110NO7P/c1-6-8-10-12-14-16-18-20-22-23-24-25-26-27-28-29-30-31-32-33-34-35-37-39-41-43-45-47-54(56)62-53(52-61-63(57,58)60-50-48-55(3,4)5)51-59-49-46-44-42-40-38-36-21-19-17-15-13-11-9-7-2/h53H,6-52H2,1-5H3/p+1/t53-/m1/s1. The van der Waals surface area contributed by atoms with Crippen molar-refractivity contribution in [3.63, 3.8) is 0 Å². The molecule has 0 fully saturated rings. The smallest absolute Gasteiger partial charge is 0.457 e. The second-order valence-electron chi connectivity index (χ2n) is 20.3. The molecule has 0 saturated carbocycles. The normalized spacial score (nSPS) is 13.4. The summed E-state index contributed by atoms with van der Waals surface area (Å²) in [6.07, 6.45) is 54.5. The molecule has 0 rings (SSSR count). The van der Waals surface area contributed by atoms with E-state index in [0.29, 0.717) is 24.1 Å². The molecule has 63 heavy (non-hydrogen) atoms. The van der Waals surface area contributed by atoms with Crippen LogP contribution in [0, 0.1) is 0 Å². The van der Waals surface area contributed by atoms with Gasteiger partial charge in [0.2, 0.25) is 0 Å². The lowest BCUT2D eigenvalue weighted by atomic mass is 10.0. The van der Waals surface area contributed by atoms with E-state index in [2.05, 4.69) is 13.8 Å². The van der Waals surface area contributed by atoms with Gasteiger partial charge < -0.3 is 18.9 Å². The molecule has 1 N–H and O–H groups in total. The monoisotopic (exact) mass is 917 g/mol. The molecular formula is C54H111NO7P+. The molecular weight excluding hydrogens is 806 g/mol. The summed E-state index contributed by atoms with van der Waals surface area (Å²) < 4.78 is 35.2. The molecule has 2 atom stereocenters. The van der Waals surface area contributed by atoms with E-state index in [4.69, 9.17) is 18.5 Å². The average Bonchev–Trinajstić information content (AvgIpc) is 3.24. The Kier molecular flexibility index (Phi) is 47.6. The molecule has 0 spiro atoms. The Hall–Kier alpha value is -0.500. The van der Waals surface area contributed by atoms with Crippen LogP contribution >= 0.6 is 7.82 Å². The van der Waals surface area contributed by atoms with E-state index in [1.54, 1.807) is 0 Å². The predicted molar refractivity (Wildman–Crippen MR) is 271 cm³/mol. The number of phosphoric acid groups is 1. The molecule has 0 saturated heterocycles. The van der Waals surface area contributed by atoms with E-state index >= 15 is 0 Å². The Morgan fingerprint density at radius 2 is 0.730 bits per heavy atom. The van der Waals surface area contributed by atoms with Gasteiger partial charge >= 0.3 is 13.8 Å². The van der Waals surface area contributed by atoms with Crippen LogP contribution in [0.4, 0.5) is 0 Å². The number of likely N-dealkylation sites (N-methyl/N-ethyl adjacent to an activating group) is 1. The zero-order valence-electron chi connectivity index (χ0n) is 43.1. The topological polar surface area (TPSA) is 91.3 Å². The fourth-order valence-corrected chi connectivity index (χ4v) is 9.12. The first-order valence-electron chi connectivity index (χ1n) is 27.8. The third-order valence-corrected chi connectivity index (χ3v) is 13.7. The summed E-state index contributed by atoms with van der Waals surface area (Å²) in [5.41, 5.74) is 0. The third kappa shape index (κ3) is 52.3. The van der Waals surface area contributed by atoms with Crippen LogP contribution in [0.25, 0.3) is 0 Å². The first kappa shape index (κ1) is 62.5. The molecule has 0 aliphatic rings. The van der Waals surface area contributed by atoms with Gasteiger partial charge in [0.1, 0.15) is 19.3 Å². The predicted octanol–water partition coefficient (Wildman–Crippen LogP) is 17.2. The van der Waals surface area contributed by atoms with Gasteiger partial charge in [0, 0.05) is 13.0 Å². The third-order valence-electron chi connectivity index (χ3n) is 12.7. The van der Waals surface area contributed by atoms with Gasteiger partial charge in [-0.2, -0.15) is 0 Å². The van der Waals surface area contributed by atoms with Gasteiger partial charge in [0.25, 0.3) is 0 Å². The number of unbranched alkanes of at least 4 members (excludes halogenated alkanes) is 39. The summed E-state index contributed by atoms with van der Waals surface area (Å²) >= 11 is 0. The zero-order chi connectivity index (χ0) is 46.2. The summed E-state index contributed by atoms with van der Waals surface area (Å²) in [7, 11) is 1.69. The maximum Gasteiger partial charge on any atom is 0.472 e. The van der Waals surface area contributed by atoms with Crippen LogP contribution < -0.4 is 0 Å². The van der Waals surface area contributed by atoms with Gasteiger partial charge in [-0.3, -0.25) is 13.8 Å². The lowest BCUT2D eigenvalue weighted by molar-refractivity contribution is -0.870. The van der Waals surface area contributed by atoms with E-state index in [9.17, 15) is 14.3 Å². The highest BCUT2D eigenvalue weighted by Crippen LogP contribution is 2.43. The molecule has 0 aliphatic carbocycles. The van der Waals surface area contributed by atoms with Crippen molar-refractivity contribution in [2.75, 3.05) is 54.1 Å². The van der Waals surface area contributed by atoms with E-state index in [1.165, 1.54) is 231 Å². The largest absolute Gasteiger partial charge is 0.472 e. The summed E-state index contributed by atoms with van der Waals surface area (Å²) in [5.74, 6) is -0.304. The molecule has 0 aromatic carbocycles. The zero-order valence-corrected chi connectivity index (χ0v) is 44.0. The second-order valence-corrected chi connectivity index (χ2v) is 21.8. The summed E-state index contributed by atoms with van der Waals surface area (Å²) in [6.45, 7) is 5.71. The van der Waals surface area contributed by atoms with E-state index in [1.807, 2.05) is 21.1 Å². The number of esters is 1. The number of ether oxygens (including phenoxy) is 2. The van der Waals surface area contributed by atoms with Crippen LogP contribution in [0.5, 0.6) is 0 Å². The van der Waals surface area contributed by atoms with Crippen molar-refractivity contribution < 1.29 is 37.3 Å². The SMILES string of the molecule is CCCCCCCCCCCCCCCCCCCCCCCCCCCCCC(=O)O[C@H](COCCCCCCCCCCCCCCCC)COP(=O)(O)OCC[N+](C)(C)C. The highest BCUT2D eigenvalue weighted by atomic mass is 31.2. The Labute approximate surface area is 393 Å². The first-order valence-corrected chi connectivity index (χ1v) is 29.3. The molecule has 1 unspecified atom stereocenters. The van der Waals surface area contributed by atoms with Gasteiger partial charge in [-0.05, 0) is 12.8 Å². The van der Waals surface area contributed by atoms with Gasteiger partial charge in [-0.1, -0.05) is 264 Å². The van der Waals surface area contributed by atoms with E-state index in [0.717, 1.165) is 32.1 Å². The number of quaternary nitrogens is 1. The molecule has 0 aromatic rings. The van der Waals surface area contributed by atoms with Crippen molar-refractivity contribution >= 4 is 13.8 Å². The van der Waals surface area contributed by atoms with Gasteiger partial charge in [-0.25, -0.2) is 4.57 Å². The lowest BCUT2D eigenvalue weighted by Crippen LogP contribution is -2.37. The first-order chi connectivity index (χ1) is 30.6. The Morgan fingerprint density at radius 3 is 1.05 bits per heavy atom. The van der Waals surface area contributed by atoms with Crippen molar-refractivity contribution in [3.8, 4) is 0 Å². The fourth-order valence-electron chi connectivity index (χ4n) is 8.38. The molecule has 378 valence electrons. The Balaban J connectivity index is 3.95. The van der Waals surface area contributed by atoms with Crippen molar-refractivity contribution in [1.29, 1.82) is 0 Å².